The first-order chi connectivity index (χ1) is 21.2. The van der Waals surface area contributed by atoms with Crippen LogP contribution in [0, 0.1) is 0 Å². The second kappa shape index (κ2) is 14.9. The molecule has 4 amide bonds. The maximum atomic E-state index is 13.1. The highest BCUT2D eigenvalue weighted by Gasteiger charge is 2.37. The summed E-state index contributed by atoms with van der Waals surface area (Å²) < 4.78 is 0. The van der Waals surface area contributed by atoms with E-state index >= 15 is 0 Å². The van der Waals surface area contributed by atoms with Gasteiger partial charge in [0.2, 0.25) is 23.6 Å². The molecule has 0 saturated carbocycles. The molecule has 1 heterocycles. The first-order valence-corrected chi connectivity index (χ1v) is 14.5. The van der Waals surface area contributed by atoms with Gasteiger partial charge in [0, 0.05) is 6.54 Å². The maximum absolute atomic E-state index is 13.1. The van der Waals surface area contributed by atoms with Crippen LogP contribution in [0.5, 0.6) is 0 Å². The third-order valence-electron chi connectivity index (χ3n) is 7.62. The van der Waals surface area contributed by atoms with Gasteiger partial charge in [0.15, 0.2) is 0 Å². The van der Waals surface area contributed by atoms with Gasteiger partial charge >= 0.3 is 5.97 Å². The number of carboxylic acids is 1. The first-order valence-electron chi connectivity index (χ1n) is 14.5. The molecule has 11 nitrogen and oxygen atoms in total. The molecule has 0 aromatic heterocycles. The number of aliphatic carboxylic acids is 1. The molecular weight excluding hydrogens is 562 g/mol. The Labute approximate surface area is 256 Å². The zero-order chi connectivity index (χ0) is 31.5. The minimum atomic E-state index is -1.19. The standard InChI is InChI=1S/C33H37N5O6/c1-23(32(43)44)37-29(40)20-35-31(42)27-18-11-19-38(27)30(41)22-34-28(39)21-36-33(24-12-5-2-6-13-24,25-14-7-3-8-15-25)26-16-9-4-10-17-26/h2-10,12-17,23,27,36H,11,18-22H2,1H3,(H,34,39)(H,35,42)(H,37,40)(H,43,44)/t23-,27-/m0/s1. The van der Waals surface area contributed by atoms with E-state index in [9.17, 15) is 24.0 Å². The fourth-order valence-electron chi connectivity index (χ4n) is 5.40. The van der Waals surface area contributed by atoms with Crippen molar-refractivity contribution in [3.63, 3.8) is 0 Å². The number of nitrogens with one attached hydrogen (secondary N) is 4. The predicted molar refractivity (Wildman–Crippen MR) is 163 cm³/mol. The fourth-order valence-corrected chi connectivity index (χ4v) is 5.40. The molecule has 1 saturated heterocycles. The third kappa shape index (κ3) is 7.67. The molecule has 1 aliphatic rings. The first kappa shape index (κ1) is 31.9. The fraction of sp³-hybridized carbons (Fsp3) is 0.303. The van der Waals surface area contributed by atoms with E-state index in [-0.39, 0.29) is 13.1 Å². The van der Waals surface area contributed by atoms with Gasteiger partial charge in [-0.15, -0.1) is 0 Å². The van der Waals surface area contributed by atoms with Crippen molar-refractivity contribution in [2.75, 3.05) is 26.2 Å². The molecule has 0 aliphatic carbocycles. The van der Waals surface area contributed by atoms with Crippen molar-refractivity contribution in [3.05, 3.63) is 108 Å². The van der Waals surface area contributed by atoms with Crippen LogP contribution >= 0.6 is 0 Å². The lowest BCUT2D eigenvalue weighted by molar-refractivity contribution is -0.141. The lowest BCUT2D eigenvalue weighted by Gasteiger charge is -2.37. The van der Waals surface area contributed by atoms with E-state index in [0.29, 0.717) is 19.4 Å². The molecule has 0 unspecified atom stereocenters. The van der Waals surface area contributed by atoms with E-state index in [1.54, 1.807) is 0 Å². The molecule has 1 aliphatic heterocycles. The molecular formula is C33H37N5O6. The number of nitrogens with zero attached hydrogens (tertiary/aromatic N) is 1. The number of carboxylic acid groups (broad SMARTS) is 1. The summed E-state index contributed by atoms with van der Waals surface area (Å²) in [4.78, 5) is 63.2. The second-order valence-electron chi connectivity index (χ2n) is 10.6. The molecule has 0 bridgehead atoms. The Kier molecular flexibility index (Phi) is 10.8. The van der Waals surface area contributed by atoms with Crippen LogP contribution in [0.3, 0.4) is 0 Å². The van der Waals surface area contributed by atoms with Crippen LogP contribution in [0.2, 0.25) is 0 Å². The molecule has 1 fully saturated rings. The van der Waals surface area contributed by atoms with Crippen molar-refractivity contribution in [1.29, 1.82) is 0 Å². The van der Waals surface area contributed by atoms with E-state index in [4.69, 9.17) is 5.11 Å². The van der Waals surface area contributed by atoms with E-state index in [0.717, 1.165) is 16.7 Å². The molecule has 2 atom stereocenters. The molecule has 3 aromatic rings. The Balaban J connectivity index is 1.39. The van der Waals surface area contributed by atoms with Gasteiger partial charge in [-0.25, -0.2) is 0 Å². The molecule has 0 spiro atoms. The molecule has 5 N–H and O–H groups in total. The van der Waals surface area contributed by atoms with E-state index < -0.39 is 53.8 Å². The van der Waals surface area contributed by atoms with E-state index in [1.165, 1.54) is 11.8 Å². The van der Waals surface area contributed by atoms with Gasteiger partial charge in [-0.2, -0.15) is 0 Å². The Morgan fingerprint density at radius 3 is 1.80 bits per heavy atom. The smallest absolute Gasteiger partial charge is 0.325 e. The SMILES string of the molecule is C[C@H](NC(=O)CNC(=O)[C@@H]1CCCN1C(=O)CNC(=O)CNC(c1ccccc1)(c1ccccc1)c1ccccc1)C(=O)O. The van der Waals surface area contributed by atoms with Crippen LogP contribution in [0.4, 0.5) is 0 Å². The summed E-state index contributed by atoms with van der Waals surface area (Å²) in [6.07, 6.45) is 1.00. The molecule has 0 radical (unpaired) electrons. The Bertz CT molecular complexity index is 1350. The van der Waals surface area contributed by atoms with Gasteiger partial charge in [0.1, 0.15) is 12.1 Å². The van der Waals surface area contributed by atoms with Gasteiger partial charge in [-0.3, -0.25) is 29.3 Å². The van der Waals surface area contributed by atoms with Crippen molar-refractivity contribution in [2.24, 2.45) is 0 Å². The number of hydrogen-bond acceptors (Lipinski definition) is 6. The lowest BCUT2D eigenvalue weighted by Crippen LogP contribution is -2.52. The normalized spacial score (nSPS) is 15.2. The molecule has 230 valence electrons. The minimum Gasteiger partial charge on any atom is -0.480 e. The molecule has 44 heavy (non-hydrogen) atoms. The predicted octanol–water partition coefficient (Wildman–Crippen LogP) is 1.38. The molecule has 11 heteroatoms. The van der Waals surface area contributed by atoms with E-state index in [2.05, 4.69) is 21.3 Å². The highest BCUT2D eigenvalue weighted by molar-refractivity contribution is 5.93. The minimum absolute atomic E-state index is 0.0975. The summed E-state index contributed by atoms with van der Waals surface area (Å²) in [5.74, 6) is -3.17. The number of rotatable bonds is 13. The zero-order valence-electron chi connectivity index (χ0n) is 24.5. The van der Waals surface area contributed by atoms with Gasteiger partial charge in [-0.05, 0) is 36.5 Å². The van der Waals surface area contributed by atoms with Crippen molar-refractivity contribution in [2.45, 2.75) is 37.4 Å². The topological polar surface area (TPSA) is 157 Å². The zero-order valence-corrected chi connectivity index (χ0v) is 24.5. The molecule has 4 rings (SSSR count). The quantitative estimate of drug-likeness (QED) is 0.186. The number of carbonyl (C=O) groups is 5. The van der Waals surface area contributed by atoms with Crippen LogP contribution in [-0.4, -0.2) is 77.9 Å². The van der Waals surface area contributed by atoms with Gasteiger partial charge in [0.05, 0.1) is 25.2 Å². The lowest BCUT2D eigenvalue weighted by atomic mass is 9.77. The Morgan fingerprint density at radius 1 is 0.773 bits per heavy atom. The summed E-state index contributed by atoms with van der Waals surface area (Å²) >= 11 is 0. The highest BCUT2D eigenvalue weighted by Crippen LogP contribution is 2.36. The largest absolute Gasteiger partial charge is 0.480 e. The van der Waals surface area contributed by atoms with Crippen LogP contribution in [0.15, 0.2) is 91.0 Å². The maximum Gasteiger partial charge on any atom is 0.325 e. The number of carbonyl (C=O) groups excluding carboxylic acids is 4. The van der Waals surface area contributed by atoms with Crippen molar-refractivity contribution >= 4 is 29.6 Å². The number of benzene rings is 3. The third-order valence-corrected chi connectivity index (χ3v) is 7.62. The van der Waals surface area contributed by atoms with Crippen molar-refractivity contribution < 1.29 is 29.1 Å². The van der Waals surface area contributed by atoms with Gasteiger partial charge in [-0.1, -0.05) is 91.0 Å². The van der Waals surface area contributed by atoms with Crippen LogP contribution in [-0.2, 0) is 29.5 Å². The monoisotopic (exact) mass is 599 g/mol. The summed E-state index contributed by atoms with van der Waals surface area (Å²) in [5.41, 5.74) is 1.98. The summed E-state index contributed by atoms with van der Waals surface area (Å²) in [6, 6.07) is 27.6. The number of amides is 4. The van der Waals surface area contributed by atoms with Gasteiger partial charge in [0.25, 0.3) is 0 Å². The van der Waals surface area contributed by atoms with Crippen LogP contribution in [0.25, 0.3) is 0 Å². The average molecular weight is 600 g/mol. The Morgan fingerprint density at radius 2 is 1.30 bits per heavy atom. The van der Waals surface area contributed by atoms with Crippen molar-refractivity contribution in [3.8, 4) is 0 Å². The Hall–Kier alpha value is -5.03. The number of hydrogen-bond donors (Lipinski definition) is 5. The average Bonchev–Trinajstić information content (AvgIpc) is 3.55. The van der Waals surface area contributed by atoms with Crippen LogP contribution < -0.4 is 21.3 Å². The van der Waals surface area contributed by atoms with Crippen molar-refractivity contribution in [1.82, 2.24) is 26.2 Å². The highest BCUT2D eigenvalue weighted by atomic mass is 16.4. The summed E-state index contributed by atoms with van der Waals surface area (Å²) in [6.45, 7) is 0.847. The summed E-state index contributed by atoms with van der Waals surface area (Å²) in [7, 11) is 0. The van der Waals surface area contributed by atoms with Gasteiger partial charge < -0.3 is 26.0 Å². The van der Waals surface area contributed by atoms with Crippen LogP contribution in [0.1, 0.15) is 36.5 Å². The second-order valence-corrected chi connectivity index (χ2v) is 10.6. The number of likely N-dealkylation sites (tertiary alicyclic amines) is 1. The van der Waals surface area contributed by atoms with E-state index in [1.807, 2.05) is 91.0 Å². The molecule has 3 aromatic carbocycles. The summed E-state index contributed by atoms with van der Waals surface area (Å²) in [5, 5.41) is 19.8.